The van der Waals surface area contributed by atoms with Crippen LogP contribution < -0.4 is 11.1 Å². The molecule has 0 aliphatic rings. The van der Waals surface area contributed by atoms with Crippen LogP contribution in [0.25, 0.3) is 22.1 Å². The van der Waals surface area contributed by atoms with Gasteiger partial charge in [0.1, 0.15) is 22.4 Å². The van der Waals surface area contributed by atoms with Crippen molar-refractivity contribution in [1.82, 2.24) is 24.8 Å². The number of nitrogen functional groups attached to an aromatic ring is 1. The number of fused-ring (bicyclic) bond motifs is 3. The lowest BCUT2D eigenvalue weighted by atomic mass is 10.0. The highest BCUT2D eigenvalue weighted by Crippen LogP contribution is 2.28. The maximum absolute atomic E-state index is 12.6. The molecule has 3 N–H and O–H groups in total. The molecule has 0 fully saturated rings. The number of anilines is 1. The number of aromatic nitrogens is 4. The van der Waals surface area contributed by atoms with Crippen molar-refractivity contribution in [2.24, 2.45) is 0 Å². The topological polar surface area (TPSA) is 116 Å². The Kier molecular flexibility index (Phi) is 7.15. The minimum absolute atomic E-state index is 0.119. The van der Waals surface area contributed by atoms with Gasteiger partial charge in [0.2, 0.25) is 0 Å². The molecule has 0 saturated heterocycles. The Morgan fingerprint density at radius 1 is 1.00 bits per heavy atom. The molecule has 1 aromatic carbocycles. The van der Waals surface area contributed by atoms with Crippen LogP contribution in [0.2, 0.25) is 0 Å². The van der Waals surface area contributed by atoms with E-state index in [1.165, 1.54) is 6.92 Å². The van der Waals surface area contributed by atoms with Gasteiger partial charge in [-0.2, -0.15) is 0 Å². The van der Waals surface area contributed by atoms with Crippen LogP contribution in [-0.4, -0.2) is 37.8 Å². The van der Waals surface area contributed by atoms with Crippen LogP contribution in [0.3, 0.4) is 0 Å². The zero-order chi connectivity index (χ0) is 24.1. The van der Waals surface area contributed by atoms with Gasteiger partial charge in [-0.3, -0.25) is 14.6 Å². The van der Waals surface area contributed by atoms with Crippen LogP contribution in [0.4, 0.5) is 5.82 Å². The summed E-state index contributed by atoms with van der Waals surface area (Å²) in [6, 6.07) is 10.7. The van der Waals surface area contributed by atoms with E-state index < -0.39 is 0 Å². The average Bonchev–Trinajstić information content (AvgIpc) is 3.21. The molecule has 4 aromatic rings. The second-order valence-electron chi connectivity index (χ2n) is 8.41. The molecule has 176 valence electrons. The normalized spacial score (nSPS) is 11.2. The summed E-state index contributed by atoms with van der Waals surface area (Å²) < 4.78 is 2.21. The highest BCUT2D eigenvalue weighted by Gasteiger charge is 2.18. The van der Waals surface area contributed by atoms with Gasteiger partial charge < -0.3 is 15.6 Å². The summed E-state index contributed by atoms with van der Waals surface area (Å²) in [4.78, 5) is 38.3. The van der Waals surface area contributed by atoms with E-state index in [4.69, 9.17) is 10.7 Å². The molecule has 0 atom stereocenters. The molecule has 0 aliphatic carbocycles. The number of imidazole rings is 1. The molecule has 3 aromatic heterocycles. The Labute approximate surface area is 198 Å². The molecule has 0 radical (unpaired) electrons. The number of amides is 1. The molecule has 0 spiro atoms. The van der Waals surface area contributed by atoms with Crippen molar-refractivity contribution < 1.29 is 9.59 Å². The third kappa shape index (κ3) is 4.76. The highest BCUT2D eigenvalue weighted by atomic mass is 16.2. The van der Waals surface area contributed by atoms with E-state index in [-0.39, 0.29) is 11.7 Å². The van der Waals surface area contributed by atoms with Gasteiger partial charge in [0.05, 0.1) is 11.1 Å². The fraction of sp³-hybridized carbons (Fsp3) is 0.346. The molecule has 8 heteroatoms. The van der Waals surface area contributed by atoms with Crippen LogP contribution in [0.15, 0.2) is 42.6 Å². The van der Waals surface area contributed by atoms with Crippen LogP contribution in [0, 0.1) is 0 Å². The minimum atomic E-state index is -0.225. The monoisotopic (exact) mass is 458 g/mol. The lowest BCUT2D eigenvalue weighted by molar-refractivity contribution is 0.0938. The molecule has 3 heterocycles. The highest BCUT2D eigenvalue weighted by molar-refractivity contribution is 6.07. The Bertz CT molecular complexity index is 1340. The van der Waals surface area contributed by atoms with Crippen molar-refractivity contribution in [3.05, 3.63) is 59.5 Å². The lowest BCUT2D eigenvalue weighted by Crippen LogP contribution is -2.26. The van der Waals surface area contributed by atoms with Crippen LogP contribution in [0.5, 0.6) is 0 Å². The number of carbonyl (C=O) groups is 2. The van der Waals surface area contributed by atoms with Gasteiger partial charge >= 0.3 is 0 Å². The number of Topliss-reactive ketones (excluding diaryl/α,β-unsaturated/α-hetero) is 1. The van der Waals surface area contributed by atoms with Gasteiger partial charge in [-0.05, 0) is 44.4 Å². The van der Waals surface area contributed by atoms with Crippen LogP contribution in [-0.2, 0) is 13.0 Å². The van der Waals surface area contributed by atoms with Crippen molar-refractivity contribution in [2.75, 3.05) is 12.3 Å². The number of pyridine rings is 2. The third-order valence-electron chi connectivity index (χ3n) is 5.94. The number of aryl methyl sites for hydroxylation is 2. The predicted octanol–water partition coefficient (Wildman–Crippen LogP) is 4.32. The SMILES string of the molecule is CCCCc1nc2c(N)nc3cccnc3c2n1CCCCNC(=O)c1ccccc1C(C)=O. The van der Waals surface area contributed by atoms with Gasteiger partial charge in [0.15, 0.2) is 11.6 Å². The predicted molar refractivity (Wildman–Crippen MR) is 134 cm³/mol. The van der Waals surface area contributed by atoms with Gasteiger partial charge in [0, 0.05) is 31.3 Å². The maximum atomic E-state index is 12.6. The molecule has 0 bridgehead atoms. The molecule has 8 nitrogen and oxygen atoms in total. The molecule has 1 amide bonds. The number of benzene rings is 1. The summed E-state index contributed by atoms with van der Waals surface area (Å²) in [6.07, 6.45) is 6.36. The first-order valence-corrected chi connectivity index (χ1v) is 11.8. The molecular formula is C26H30N6O2. The van der Waals surface area contributed by atoms with Gasteiger partial charge in [-0.1, -0.05) is 31.5 Å². The summed E-state index contributed by atoms with van der Waals surface area (Å²) in [5, 5.41) is 2.94. The van der Waals surface area contributed by atoms with E-state index in [2.05, 4.69) is 26.8 Å². The van der Waals surface area contributed by atoms with E-state index in [9.17, 15) is 9.59 Å². The first-order chi connectivity index (χ1) is 16.5. The number of nitrogens with two attached hydrogens (primary N) is 1. The smallest absolute Gasteiger partial charge is 0.252 e. The Hall–Kier alpha value is -3.81. The number of unbranched alkanes of at least 4 members (excludes halogenated alkanes) is 2. The van der Waals surface area contributed by atoms with E-state index in [1.54, 1.807) is 30.5 Å². The average molecular weight is 459 g/mol. The van der Waals surface area contributed by atoms with Gasteiger partial charge in [0.25, 0.3) is 5.91 Å². The molecule has 34 heavy (non-hydrogen) atoms. The number of carbonyl (C=O) groups excluding carboxylic acids is 2. The molecule has 0 unspecified atom stereocenters. The summed E-state index contributed by atoms with van der Waals surface area (Å²) in [7, 11) is 0. The summed E-state index contributed by atoms with van der Waals surface area (Å²) in [5.74, 6) is 1.06. The number of rotatable bonds is 10. The van der Waals surface area contributed by atoms with Gasteiger partial charge in [-0.25, -0.2) is 9.97 Å². The van der Waals surface area contributed by atoms with Crippen molar-refractivity contribution >= 4 is 39.6 Å². The molecular weight excluding hydrogens is 428 g/mol. The van der Waals surface area contributed by atoms with Crippen LogP contribution >= 0.6 is 0 Å². The third-order valence-corrected chi connectivity index (χ3v) is 5.94. The second kappa shape index (κ2) is 10.4. The number of ketones is 1. The number of hydrogen-bond acceptors (Lipinski definition) is 6. The maximum Gasteiger partial charge on any atom is 0.252 e. The molecule has 0 aliphatic heterocycles. The van der Waals surface area contributed by atoms with Gasteiger partial charge in [-0.15, -0.1) is 0 Å². The number of nitrogens with one attached hydrogen (secondary N) is 1. The van der Waals surface area contributed by atoms with E-state index in [0.717, 1.165) is 61.0 Å². The summed E-state index contributed by atoms with van der Waals surface area (Å²) in [5.41, 5.74) is 10.3. The van der Waals surface area contributed by atoms with Crippen molar-refractivity contribution in [2.45, 2.75) is 52.5 Å². The first kappa shape index (κ1) is 23.4. The Morgan fingerprint density at radius 3 is 2.56 bits per heavy atom. The summed E-state index contributed by atoms with van der Waals surface area (Å²) in [6.45, 7) is 4.89. The van der Waals surface area contributed by atoms with E-state index in [1.807, 2.05) is 12.1 Å². The van der Waals surface area contributed by atoms with Crippen molar-refractivity contribution in [3.63, 3.8) is 0 Å². The fourth-order valence-corrected chi connectivity index (χ4v) is 4.22. The standard InChI is InChI=1S/C26H30N6O2/c1-3-4-13-21-31-23-24(22-20(30-25(23)27)12-9-15-28-22)32(21)16-8-7-14-29-26(34)19-11-6-5-10-18(19)17(2)33/h5-6,9-12,15H,3-4,7-8,13-14,16H2,1-2H3,(H2,27,30)(H,29,34). The van der Waals surface area contributed by atoms with E-state index in [0.29, 0.717) is 29.0 Å². The fourth-order valence-electron chi connectivity index (χ4n) is 4.22. The second-order valence-corrected chi connectivity index (χ2v) is 8.41. The van der Waals surface area contributed by atoms with Crippen LogP contribution in [0.1, 0.15) is 66.1 Å². The number of hydrogen-bond donors (Lipinski definition) is 2. The lowest BCUT2D eigenvalue weighted by Gasteiger charge is -2.11. The zero-order valence-corrected chi connectivity index (χ0v) is 19.7. The molecule has 4 rings (SSSR count). The number of nitrogens with zero attached hydrogens (tertiary/aromatic N) is 4. The van der Waals surface area contributed by atoms with E-state index >= 15 is 0 Å². The Balaban J connectivity index is 1.49. The summed E-state index contributed by atoms with van der Waals surface area (Å²) >= 11 is 0. The van der Waals surface area contributed by atoms with Crippen molar-refractivity contribution in [1.29, 1.82) is 0 Å². The minimum Gasteiger partial charge on any atom is -0.382 e. The largest absolute Gasteiger partial charge is 0.382 e. The molecule has 0 saturated carbocycles. The Morgan fingerprint density at radius 2 is 1.79 bits per heavy atom. The van der Waals surface area contributed by atoms with Crippen molar-refractivity contribution in [3.8, 4) is 0 Å². The first-order valence-electron chi connectivity index (χ1n) is 11.8. The zero-order valence-electron chi connectivity index (χ0n) is 19.7. The quantitative estimate of drug-likeness (QED) is 0.270.